The zero-order chi connectivity index (χ0) is 24.1. The quantitative estimate of drug-likeness (QED) is 0.276. The summed E-state index contributed by atoms with van der Waals surface area (Å²) in [5, 5.41) is 21.2. The highest BCUT2D eigenvalue weighted by atomic mass is 35.5. The van der Waals surface area contributed by atoms with Crippen molar-refractivity contribution in [1.82, 2.24) is 10.2 Å². The molecule has 0 bridgehead atoms. The lowest BCUT2D eigenvalue weighted by Gasteiger charge is -2.21. The van der Waals surface area contributed by atoms with E-state index in [4.69, 9.17) is 16.0 Å². The first-order chi connectivity index (χ1) is 16.2. The molecule has 1 aliphatic rings. The molecule has 1 aliphatic heterocycles. The molecule has 0 unspecified atom stereocenters. The van der Waals surface area contributed by atoms with Crippen LogP contribution < -0.4 is 10.3 Å². The largest absolute Gasteiger partial charge is 0.450 e. The summed E-state index contributed by atoms with van der Waals surface area (Å²) >= 11 is 7.36. The number of nitro groups is 1. The molecule has 0 spiro atoms. The first-order valence-corrected chi connectivity index (χ1v) is 11.6. The molecular weight excluding hydrogens is 480 g/mol. The molecule has 0 saturated heterocycles. The summed E-state index contributed by atoms with van der Waals surface area (Å²) in [7, 11) is 0. The van der Waals surface area contributed by atoms with Crippen LogP contribution in [0.5, 0.6) is 0 Å². The van der Waals surface area contributed by atoms with Gasteiger partial charge in [0.1, 0.15) is 10.6 Å². The zero-order valence-corrected chi connectivity index (χ0v) is 19.6. The summed E-state index contributed by atoms with van der Waals surface area (Å²) < 4.78 is 5.89. The van der Waals surface area contributed by atoms with Crippen molar-refractivity contribution in [2.24, 2.45) is 5.92 Å². The van der Waals surface area contributed by atoms with Crippen molar-refractivity contribution in [2.45, 2.75) is 26.3 Å². The third kappa shape index (κ3) is 3.64. The molecule has 3 heterocycles. The van der Waals surface area contributed by atoms with Crippen LogP contribution in [-0.2, 0) is 6.42 Å². The lowest BCUT2D eigenvalue weighted by atomic mass is 9.98. The van der Waals surface area contributed by atoms with Gasteiger partial charge in [-0.3, -0.25) is 24.6 Å². The monoisotopic (exact) mass is 496 g/mol. The van der Waals surface area contributed by atoms with Gasteiger partial charge in [0, 0.05) is 23.6 Å². The average Bonchev–Trinajstić information content (AvgIpc) is 3.36. The fraction of sp³-hybridized carbons (Fsp3) is 0.217. The van der Waals surface area contributed by atoms with Gasteiger partial charge in [-0.2, -0.15) is 0 Å². The minimum absolute atomic E-state index is 0.0937. The van der Waals surface area contributed by atoms with Crippen LogP contribution in [0.25, 0.3) is 11.0 Å². The summed E-state index contributed by atoms with van der Waals surface area (Å²) in [6.07, 6.45) is 0.689. The van der Waals surface area contributed by atoms with Crippen molar-refractivity contribution < 1.29 is 14.1 Å². The Morgan fingerprint density at radius 1 is 1.18 bits per heavy atom. The predicted octanol–water partition coefficient (Wildman–Crippen LogP) is 5.15. The van der Waals surface area contributed by atoms with Gasteiger partial charge in [-0.1, -0.05) is 36.8 Å². The van der Waals surface area contributed by atoms with Crippen LogP contribution in [-0.4, -0.2) is 21.0 Å². The van der Waals surface area contributed by atoms with Crippen LogP contribution in [0.2, 0.25) is 5.02 Å². The van der Waals surface area contributed by atoms with E-state index in [0.717, 1.165) is 5.01 Å². The number of carbonyl (C=O) groups is 1. The van der Waals surface area contributed by atoms with Crippen molar-refractivity contribution in [2.75, 3.05) is 4.90 Å². The summed E-state index contributed by atoms with van der Waals surface area (Å²) in [6, 6.07) is 9.44. The number of nitro benzene ring substituents is 1. The van der Waals surface area contributed by atoms with Crippen LogP contribution in [0.1, 0.15) is 46.6 Å². The van der Waals surface area contributed by atoms with Gasteiger partial charge in [0.05, 0.1) is 21.9 Å². The van der Waals surface area contributed by atoms with Gasteiger partial charge in [0.15, 0.2) is 5.43 Å². The van der Waals surface area contributed by atoms with E-state index in [1.165, 1.54) is 46.6 Å². The van der Waals surface area contributed by atoms with Gasteiger partial charge < -0.3 is 4.42 Å². The van der Waals surface area contributed by atoms with E-state index in [-0.39, 0.29) is 28.0 Å². The molecule has 0 N–H and O–H groups in total. The Morgan fingerprint density at radius 2 is 1.91 bits per heavy atom. The molecule has 0 fully saturated rings. The Bertz CT molecular complexity index is 1510. The smallest absolute Gasteiger partial charge is 0.297 e. The zero-order valence-electron chi connectivity index (χ0n) is 18.0. The summed E-state index contributed by atoms with van der Waals surface area (Å²) in [6.45, 7) is 4.10. The number of hydrogen-bond acceptors (Lipinski definition) is 8. The Balaban J connectivity index is 1.73. The fourth-order valence-corrected chi connectivity index (χ4v) is 5.26. The maximum absolute atomic E-state index is 13.6. The lowest BCUT2D eigenvalue weighted by Crippen LogP contribution is -2.29. The Labute approximate surface area is 201 Å². The number of non-ortho nitro benzene ring substituents is 1. The highest BCUT2D eigenvalue weighted by Crippen LogP contribution is 2.42. The van der Waals surface area contributed by atoms with Crippen LogP contribution in [0.15, 0.2) is 51.7 Å². The number of carbonyl (C=O) groups excluding carboxylic acids is 1. The molecule has 2 aromatic carbocycles. The second-order valence-corrected chi connectivity index (χ2v) is 9.79. The molecular formula is C23H17ClN4O5S. The number of hydrogen-bond donors (Lipinski definition) is 0. The normalized spacial score (nSPS) is 15.4. The van der Waals surface area contributed by atoms with Gasteiger partial charge in [0.2, 0.25) is 10.9 Å². The molecule has 5 rings (SSSR count). The maximum Gasteiger partial charge on any atom is 0.297 e. The molecule has 9 nitrogen and oxygen atoms in total. The predicted molar refractivity (Wildman–Crippen MR) is 128 cm³/mol. The molecule has 4 aromatic rings. The molecule has 0 aliphatic carbocycles. The summed E-state index contributed by atoms with van der Waals surface area (Å²) in [4.78, 5) is 39.1. The van der Waals surface area contributed by atoms with Crippen LogP contribution in [0.3, 0.4) is 0 Å². The molecule has 1 atom stereocenters. The molecule has 1 amide bonds. The minimum Gasteiger partial charge on any atom is -0.450 e. The third-order valence-electron chi connectivity index (χ3n) is 5.50. The van der Waals surface area contributed by atoms with Gasteiger partial charge in [0.25, 0.3) is 11.6 Å². The first-order valence-electron chi connectivity index (χ1n) is 10.4. The van der Waals surface area contributed by atoms with Gasteiger partial charge in [-0.25, -0.2) is 0 Å². The number of anilines is 1. The Morgan fingerprint density at radius 3 is 2.59 bits per heavy atom. The first kappa shape index (κ1) is 22.2. The summed E-state index contributed by atoms with van der Waals surface area (Å²) in [5.74, 6) is -0.278. The standard InChI is InChI=1S/C23H17ClN4O5S/c1-11(2)9-17-25-26-23(34-17)27-19(12-3-6-14(7-4-12)28(31)32)18-20(29)15-10-13(24)5-8-16(15)33-21(18)22(27)30/h3-8,10-11,19H,9H2,1-2H3/t19-/m1/s1. The number of aromatic nitrogens is 2. The second kappa shape index (κ2) is 8.30. The van der Waals surface area contributed by atoms with Crippen LogP contribution in [0.4, 0.5) is 10.8 Å². The Hall–Kier alpha value is -3.63. The van der Waals surface area contributed by atoms with Crippen molar-refractivity contribution in [3.05, 3.63) is 89.7 Å². The Kier molecular flexibility index (Phi) is 5.41. The second-order valence-electron chi connectivity index (χ2n) is 8.32. The van der Waals surface area contributed by atoms with E-state index in [2.05, 4.69) is 24.0 Å². The average molecular weight is 497 g/mol. The highest BCUT2D eigenvalue weighted by Gasteiger charge is 2.45. The van der Waals surface area contributed by atoms with Gasteiger partial charge in [-0.05, 0) is 41.8 Å². The molecule has 172 valence electrons. The van der Waals surface area contributed by atoms with Crippen molar-refractivity contribution in [3.8, 4) is 0 Å². The number of fused-ring (bicyclic) bond motifs is 2. The number of amides is 1. The van der Waals surface area contributed by atoms with Crippen LogP contribution >= 0.6 is 22.9 Å². The van der Waals surface area contributed by atoms with E-state index in [9.17, 15) is 19.7 Å². The SMILES string of the molecule is CC(C)Cc1nnc(N2C(=O)c3oc4ccc(Cl)cc4c(=O)c3[C@H]2c2ccc([N+](=O)[O-])cc2)s1. The van der Waals surface area contributed by atoms with Gasteiger partial charge in [-0.15, -0.1) is 10.2 Å². The number of rotatable bonds is 5. The van der Waals surface area contributed by atoms with Crippen molar-refractivity contribution in [1.29, 1.82) is 0 Å². The van der Waals surface area contributed by atoms with E-state index in [1.807, 2.05) is 0 Å². The highest BCUT2D eigenvalue weighted by molar-refractivity contribution is 7.15. The van der Waals surface area contributed by atoms with E-state index >= 15 is 0 Å². The molecule has 34 heavy (non-hydrogen) atoms. The topological polar surface area (TPSA) is 119 Å². The van der Waals surface area contributed by atoms with E-state index in [0.29, 0.717) is 28.1 Å². The molecule has 11 heteroatoms. The van der Waals surface area contributed by atoms with Gasteiger partial charge >= 0.3 is 0 Å². The van der Waals surface area contributed by atoms with E-state index in [1.54, 1.807) is 12.1 Å². The maximum atomic E-state index is 13.6. The molecule has 0 radical (unpaired) electrons. The minimum atomic E-state index is -0.886. The van der Waals surface area contributed by atoms with Crippen molar-refractivity contribution >= 4 is 50.6 Å². The molecule has 2 aromatic heterocycles. The number of nitrogens with zero attached hydrogens (tertiary/aromatic N) is 4. The molecule has 0 saturated carbocycles. The number of halogens is 1. The third-order valence-corrected chi connectivity index (χ3v) is 6.68. The van der Waals surface area contributed by atoms with E-state index < -0.39 is 22.3 Å². The summed E-state index contributed by atoms with van der Waals surface area (Å²) in [5.41, 5.74) is 0.377. The van der Waals surface area contributed by atoms with Crippen LogP contribution in [0, 0.1) is 16.0 Å². The lowest BCUT2D eigenvalue weighted by molar-refractivity contribution is -0.384. The fourth-order valence-electron chi connectivity index (χ4n) is 4.01. The number of benzene rings is 2. The van der Waals surface area contributed by atoms with Crippen molar-refractivity contribution in [3.63, 3.8) is 0 Å².